The number of carbonyl (C=O) groups excluding carboxylic acids is 2. The van der Waals surface area contributed by atoms with Gasteiger partial charge in [0.05, 0.1) is 6.04 Å². The molecular weight excluding hydrogens is 375 g/mol. The summed E-state index contributed by atoms with van der Waals surface area (Å²) < 4.78 is 17.3. The van der Waals surface area contributed by atoms with Gasteiger partial charge in [-0.2, -0.15) is 4.98 Å². The van der Waals surface area contributed by atoms with Crippen molar-refractivity contribution in [3.8, 4) is 11.5 Å². The summed E-state index contributed by atoms with van der Waals surface area (Å²) in [5.41, 5.74) is 0.576. The summed E-state index contributed by atoms with van der Waals surface area (Å²) >= 11 is 0. The first kappa shape index (κ1) is 22.7. The van der Waals surface area contributed by atoms with Crippen molar-refractivity contribution in [3.63, 3.8) is 0 Å². The Morgan fingerprint density at radius 3 is 2.41 bits per heavy atom. The first-order valence-electron chi connectivity index (χ1n) is 9.76. The zero-order chi connectivity index (χ0) is 21.6. The van der Waals surface area contributed by atoms with Gasteiger partial charge in [-0.05, 0) is 49.6 Å². The Kier molecular flexibility index (Phi) is 8.01. The quantitative estimate of drug-likeness (QED) is 0.770. The zero-order valence-corrected chi connectivity index (χ0v) is 17.6. The van der Waals surface area contributed by atoms with Gasteiger partial charge in [-0.15, -0.1) is 0 Å². The number of nitrogens with zero attached hydrogens (tertiary/aromatic N) is 3. The fourth-order valence-electron chi connectivity index (χ4n) is 3.07. The molecule has 2 heterocycles. The predicted octanol–water partition coefficient (Wildman–Crippen LogP) is 3.18. The fraction of sp³-hybridized carbons (Fsp3) is 0.524. The van der Waals surface area contributed by atoms with E-state index in [-0.39, 0.29) is 29.5 Å². The van der Waals surface area contributed by atoms with Crippen molar-refractivity contribution in [3.05, 3.63) is 35.9 Å². The highest BCUT2D eigenvalue weighted by atomic mass is 19.1. The van der Waals surface area contributed by atoms with Crippen LogP contribution in [-0.4, -0.2) is 52.9 Å². The summed E-state index contributed by atoms with van der Waals surface area (Å²) in [7, 11) is 2.06. The standard InChI is InChI=1S/C12H24N2O.C9H5FN2O2/c1-8(2)6-11-12(15)13-10(9(3)4)7-14(11)5;10-7-3-1-6(2-4-7)9-11-8(5-13)12-14-9/h8-11H,6-7H2,1-5H3,(H,13,15);1-5H. The van der Waals surface area contributed by atoms with Crippen molar-refractivity contribution < 1.29 is 18.5 Å². The van der Waals surface area contributed by atoms with E-state index in [2.05, 4.69) is 55.1 Å². The minimum Gasteiger partial charge on any atom is -0.350 e. The number of hydrogen-bond acceptors (Lipinski definition) is 6. The molecule has 1 aliphatic heterocycles. The van der Waals surface area contributed by atoms with Gasteiger partial charge in [-0.1, -0.05) is 32.9 Å². The number of hydrogen-bond donors (Lipinski definition) is 1. The minimum absolute atomic E-state index is 0.0238. The summed E-state index contributed by atoms with van der Waals surface area (Å²) in [6.45, 7) is 9.61. The first-order chi connectivity index (χ1) is 13.7. The average molecular weight is 404 g/mol. The smallest absolute Gasteiger partial charge is 0.258 e. The van der Waals surface area contributed by atoms with Crippen LogP contribution in [0.1, 0.15) is 44.7 Å². The third kappa shape index (κ3) is 6.45. The third-order valence-electron chi connectivity index (χ3n) is 4.78. The van der Waals surface area contributed by atoms with Crippen molar-refractivity contribution in [1.82, 2.24) is 20.4 Å². The zero-order valence-electron chi connectivity index (χ0n) is 17.6. The summed E-state index contributed by atoms with van der Waals surface area (Å²) in [5.74, 6) is 1.12. The Bertz CT molecular complexity index is 805. The maximum absolute atomic E-state index is 12.6. The van der Waals surface area contributed by atoms with Crippen LogP contribution in [0.3, 0.4) is 0 Å². The number of aldehydes is 1. The second kappa shape index (κ2) is 10.2. The van der Waals surface area contributed by atoms with Gasteiger partial charge in [-0.3, -0.25) is 14.5 Å². The molecule has 1 aliphatic rings. The Labute approximate surface area is 170 Å². The molecule has 0 saturated carbocycles. The van der Waals surface area contributed by atoms with E-state index in [4.69, 9.17) is 4.52 Å². The van der Waals surface area contributed by atoms with Crippen molar-refractivity contribution >= 4 is 12.2 Å². The van der Waals surface area contributed by atoms with Crippen molar-refractivity contribution in [1.29, 1.82) is 0 Å². The van der Waals surface area contributed by atoms with Gasteiger partial charge in [0.15, 0.2) is 6.29 Å². The molecule has 0 spiro atoms. The molecule has 1 saturated heterocycles. The predicted molar refractivity (Wildman–Crippen MR) is 108 cm³/mol. The van der Waals surface area contributed by atoms with Crippen LogP contribution in [0.2, 0.25) is 0 Å². The lowest BCUT2D eigenvalue weighted by atomic mass is 9.95. The molecule has 1 aromatic carbocycles. The second-order valence-electron chi connectivity index (χ2n) is 8.03. The molecule has 8 heteroatoms. The molecule has 0 radical (unpaired) electrons. The van der Waals surface area contributed by atoms with Gasteiger partial charge in [0.1, 0.15) is 5.82 Å². The van der Waals surface area contributed by atoms with Crippen molar-refractivity contribution in [2.45, 2.75) is 46.2 Å². The molecular formula is C21H29FN4O3. The molecule has 158 valence electrons. The highest BCUT2D eigenvalue weighted by Crippen LogP contribution is 2.18. The second-order valence-corrected chi connectivity index (χ2v) is 8.03. The molecule has 0 aliphatic carbocycles. The number of likely N-dealkylation sites (N-methyl/N-ethyl adjacent to an activating group) is 1. The fourth-order valence-corrected chi connectivity index (χ4v) is 3.07. The lowest BCUT2D eigenvalue weighted by Gasteiger charge is -2.39. The molecule has 1 amide bonds. The van der Waals surface area contributed by atoms with Crippen molar-refractivity contribution in [2.24, 2.45) is 11.8 Å². The van der Waals surface area contributed by atoms with Gasteiger partial charge in [-0.25, -0.2) is 4.39 Å². The number of piperazine rings is 1. The maximum Gasteiger partial charge on any atom is 0.258 e. The van der Waals surface area contributed by atoms with E-state index in [0.717, 1.165) is 13.0 Å². The molecule has 2 aromatic rings. The Morgan fingerprint density at radius 2 is 1.93 bits per heavy atom. The number of benzene rings is 1. The Hall–Kier alpha value is -2.61. The van der Waals surface area contributed by atoms with Crippen LogP contribution in [0.5, 0.6) is 0 Å². The number of carbonyl (C=O) groups is 2. The highest BCUT2D eigenvalue weighted by molar-refractivity contribution is 5.82. The van der Waals surface area contributed by atoms with Crippen LogP contribution >= 0.6 is 0 Å². The molecule has 7 nitrogen and oxygen atoms in total. The van der Waals surface area contributed by atoms with Gasteiger partial charge < -0.3 is 9.84 Å². The lowest BCUT2D eigenvalue weighted by molar-refractivity contribution is -0.131. The van der Waals surface area contributed by atoms with E-state index in [1.165, 1.54) is 24.3 Å². The van der Waals surface area contributed by atoms with Crippen molar-refractivity contribution in [2.75, 3.05) is 13.6 Å². The number of amides is 1. The number of rotatable bonds is 5. The van der Waals surface area contributed by atoms with Crippen LogP contribution in [-0.2, 0) is 4.79 Å². The number of nitrogens with one attached hydrogen (secondary N) is 1. The largest absolute Gasteiger partial charge is 0.350 e. The molecule has 29 heavy (non-hydrogen) atoms. The number of halogens is 1. The minimum atomic E-state index is -0.344. The monoisotopic (exact) mass is 404 g/mol. The highest BCUT2D eigenvalue weighted by Gasteiger charge is 2.33. The molecule has 3 rings (SSSR count). The van der Waals surface area contributed by atoms with Gasteiger partial charge in [0, 0.05) is 18.2 Å². The van der Waals surface area contributed by atoms with Crippen LogP contribution in [0.25, 0.3) is 11.5 Å². The van der Waals surface area contributed by atoms with Crippen LogP contribution in [0.4, 0.5) is 4.39 Å². The summed E-state index contributed by atoms with van der Waals surface area (Å²) in [6, 6.07) is 5.93. The summed E-state index contributed by atoms with van der Waals surface area (Å²) in [6.07, 6.45) is 1.43. The van der Waals surface area contributed by atoms with E-state index >= 15 is 0 Å². The normalized spacial score (nSPS) is 19.7. The maximum atomic E-state index is 12.6. The van der Waals surface area contributed by atoms with E-state index in [9.17, 15) is 14.0 Å². The lowest BCUT2D eigenvalue weighted by Crippen LogP contribution is -2.60. The molecule has 0 bridgehead atoms. The SMILES string of the molecule is CC(C)CC1C(=O)NC(C(C)C)CN1C.O=Cc1noc(-c2ccc(F)cc2)n1. The molecule has 1 N–H and O–H groups in total. The molecule has 2 unspecified atom stereocenters. The number of aromatic nitrogens is 2. The average Bonchev–Trinajstić information content (AvgIpc) is 3.14. The van der Waals surface area contributed by atoms with Crippen LogP contribution < -0.4 is 5.32 Å². The van der Waals surface area contributed by atoms with Crippen LogP contribution in [0.15, 0.2) is 28.8 Å². The Balaban J connectivity index is 0.000000207. The topological polar surface area (TPSA) is 88.3 Å². The van der Waals surface area contributed by atoms with E-state index in [1.54, 1.807) is 0 Å². The van der Waals surface area contributed by atoms with E-state index in [1.807, 2.05) is 0 Å². The molecule has 2 atom stereocenters. The molecule has 1 aromatic heterocycles. The van der Waals surface area contributed by atoms with Gasteiger partial charge >= 0.3 is 0 Å². The summed E-state index contributed by atoms with van der Waals surface area (Å²) in [5, 5.41) is 6.51. The van der Waals surface area contributed by atoms with Gasteiger partial charge in [0.25, 0.3) is 5.89 Å². The third-order valence-corrected chi connectivity index (χ3v) is 4.78. The van der Waals surface area contributed by atoms with E-state index < -0.39 is 0 Å². The van der Waals surface area contributed by atoms with Gasteiger partial charge in [0.2, 0.25) is 11.7 Å². The molecule has 1 fully saturated rings. The Morgan fingerprint density at radius 1 is 1.28 bits per heavy atom. The first-order valence-corrected chi connectivity index (χ1v) is 9.76. The van der Waals surface area contributed by atoms with E-state index in [0.29, 0.717) is 29.7 Å². The summed E-state index contributed by atoms with van der Waals surface area (Å²) in [4.78, 5) is 28.1. The van der Waals surface area contributed by atoms with Crippen LogP contribution in [0, 0.1) is 17.7 Å².